The topological polar surface area (TPSA) is 62.0 Å². The summed E-state index contributed by atoms with van der Waals surface area (Å²) >= 11 is 3.43. The van der Waals surface area contributed by atoms with Crippen molar-refractivity contribution in [2.75, 3.05) is 0 Å². The second-order valence-corrected chi connectivity index (χ2v) is 7.50. The third-order valence-electron chi connectivity index (χ3n) is 5.07. The molecule has 1 aromatic heterocycles. The Labute approximate surface area is 143 Å². The Balaban J connectivity index is 1.94. The van der Waals surface area contributed by atoms with Gasteiger partial charge in [0.15, 0.2) is 0 Å². The number of halogens is 1. The zero-order valence-electron chi connectivity index (χ0n) is 13.4. The fourth-order valence-electron chi connectivity index (χ4n) is 3.45. The molecule has 2 aromatic rings. The second-order valence-electron chi connectivity index (χ2n) is 6.58. The van der Waals surface area contributed by atoms with Gasteiger partial charge in [0, 0.05) is 27.5 Å². The first kappa shape index (κ1) is 16.2. The van der Waals surface area contributed by atoms with Crippen LogP contribution in [-0.4, -0.2) is 16.9 Å². The second kappa shape index (κ2) is 6.48. The molecule has 1 saturated carbocycles. The van der Waals surface area contributed by atoms with Gasteiger partial charge in [-0.25, -0.2) is 0 Å². The number of aromatic amines is 1. The van der Waals surface area contributed by atoms with Crippen molar-refractivity contribution in [2.24, 2.45) is 11.8 Å². The summed E-state index contributed by atoms with van der Waals surface area (Å²) in [6.45, 7) is 4.43. The van der Waals surface area contributed by atoms with Crippen molar-refractivity contribution >= 4 is 32.7 Å². The number of fused-ring (bicyclic) bond motifs is 1. The summed E-state index contributed by atoms with van der Waals surface area (Å²) in [6.07, 6.45) is 3.36. The van der Waals surface area contributed by atoms with E-state index in [1.54, 1.807) is 0 Å². The standard InChI is InChI=1S/C18H21BrN2O2/c1-10-4-3-5-15(11(10)2)21-18(23)14-9-17(22)20-16-7-6-12(19)8-13(14)16/h6-11,15H,3-5H2,1-2H3,(H,20,22)(H,21,23)/t10-,11+,15-/m1/s1. The molecule has 1 aromatic carbocycles. The maximum Gasteiger partial charge on any atom is 0.252 e. The van der Waals surface area contributed by atoms with Crippen LogP contribution in [0.2, 0.25) is 0 Å². The summed E-state index contributed by atoms with van der Waals surface area (Å²) in [7, 11) is 0. The Morgan fingerprint density at radius 3 is 2.83 bits per heavy atom. The van der Waals surface area contributed by atoms with Gasteiger partial charge in [-0.1, -0.05) is 42.6 Å². The summed E-state index contributed by atoms with van der Waals surface area (Å²) in [6, 6.07) is 7.09. The summed E-state index contributed by atoms with van der Waals surface area (Å²) in [5.41, 5.74) is 0.862. The normalized spacial score (nSPS) is 24.6. The average Bonchev–Trinajstić information content (AvgIpc) is 2.51. The van der Waals surface area contributed by atoms with E-state index in [1.807, 2.05) is 18.2 Å². The lowest BCUT2D eigenvalue weighted by Gasteiger charge is -2.34. The number of nitrogens with one attached hydrogen (secondary N) is 2. The molecule has 1 heterocycles. The molecule has 0 unspecified atom stereocenters. The van der Waals surface area contributed by atoms with Crippen LogP contribution in [0.1, 0.15) is 43.5 Å². The molecule has 122 valence electrons. The molecule has 3 atom stereocenters. The quantitative estimate of drug-likeness (QED) is 0.835. The smallest absolute Gasteiger partial charge is 0.252 e. The summed E-state index contributed by atoms with van der Waals surface area (Å²) in [4.78, 5) is 27.4. The van der Waals surface area contributed by atoms with Crippen LogP contribution in [0.3, 0.4) is 0 Å². The van der Waals surface area contributed by atoms with E-state index in [0.29, 0.717) is 22.9 Å². The number of rotatable bonds is 2. The molecule has 0 aliphatic heterocycles. The zero-order chi connectivity index (χ0) is 16.6. The van der Waals surface area contributed by atoms with E-state index in [0.717, 1.165) is 22.7 Å². The summed E-state index contributed by atoms with van der Waals surface area (Å²) in [5, 5.41) is 3.90. The first-order chi connectivity index (χ1) is 11.0. The number of aromatic nitrogens is 1. The van der Waals surface area contributed by atoms with Crippen LogP contribution in [0, 0.1) is 11.8 Å². The van der Waals surface area contributed by atoms with Crippen molar-refractivity contribution in [3.63, 3.8) is 0 Å². The maximum atomic E-state index is 12.8. The lowest BCUT2D eigenvalue weighted by Crippen LogP contribution is -2.43. The molecule has 5 heteroatoms. The molecule has 4 nitrogen and oxygen atoms in total. The van der Waals surface area contributed by atoms with Gasteiger partial charge >= 0.3 is 0 Å². The number of H-pyrrole nitrogens is 1. The molecular formula is C18H21BrN2O2. The molecule has 0 spiro atoms. The maximum absolute atomic E-state index is 12.8. The minimum absolute atomic E-state index is 0.162. The largest absolute Gasteiger partial charge is 0.349 e. The van der Waals surface area contributed by atoms with Crippen molar-refractivity contribution in [3.05, 3.63) is 44.7 Å². The van der Waals surface area contributed by atoms with E-state index in [-0.39, 0.29) is 17.5 Å². The predicted molar refractivity (Wildman–Crippen MR) is 95.7 cm³/mol. The van der Waals surface area contributed by atoms with Crippen LogP contribution in [-0.2, 0) is 0 Å². The lowest BCUT2D eigenvalue weighted by molar-refractivity contribution is 0.0892. The van der Waals surface area contributed by atoms with Gasteiger partial charge in [0.05, 0.1) is 5.56 Å². The van der Waals surface area contributed by atoms with E-state index in [2.05, 4.69) is 40.1 Å². The molecule has 2 N–H and O–H groups in total. The van der Waals surface area contributed by atoms with Crippen LogP contribution >= 0.6 is 15.9 Å². The third kappa shape index (κ3) is 3.34. The molecule has 1 aliphatic carbocycles. The van der Waals surface area contributed by atoms with Crippen LogP contribution in [0.4, 0.5) is 0 Å². The average molecular weight is 377 g/mol. The van der Waals surface area contributed by atoms with Gasteiger partial charge in [0.25, 0.3) is 5.91 Å². The van der Waals surface area contributed by atoms with Crippen molar-refractivity contribution in [1.82, 2.24) is 10.3 Å². The molecule has 1 fully saturated rings. The zero-order valence-corrected chi connectivity index (χ0v) is 14.9. The van der Waals surface area contributed by atoms with Gasteiger partial charge in [0.2, 0.25) is 5.56 Å². The van der Waals surface area contributed by atoms with E-state index >= 15 is 0 Å². The van der Waals surface area contributed by atoms with Gasteiger partial charge in [0.1, 0.15) is 0 Å². The Kier molecular flexibility index (Phi) is 4.57. The highest BCUT2D eigenvalue weighted by molar-refractivity contribution is 9.10. The van der Waals surface area contributed by atoms with Crippen LogP contribution < -0.4 is 10.9 Å². The number of pyridine rings is 1. The highest BCUT2D eigenvalue weighted by Gasteiger charge is 2.28. The number of carbonyl (C=O) groups is 1. The molecule has 3 rings (SSSR count). The minimum Gasteiger partial charge on any atom is -0.349 e. The van der Waals surface area contributed by atoms with Crippen molar-refractivity contribution < 1.29 is 4.79 Å². The van der Waals surface area contributed by atoms with Gasteiger partial charge in [-0.05, 0) is 36.5 Å². The molecule has 1 amide bonds. The molecule has 0 saturated heterocycles. The first-order valence-electron chi connectivity index (χ1n) is 8.09. The van der Waals surface area contributed by atoms with Gasteiger partial charge in [-0.3, -0.25) is 9.59 Å². The monoisotopic (exact) mass is 376 g/mol. The lowest BCUT2D eigenvalue weighted by atomic mass is 9.78. The van der Waals surface area contributed by atoms with E-state index in [1.165, 1.54) is 12.5 Å². The number of amides is 1. The fourth-order valence-corrected chi connectivity index (χ4v) is 3.81. The molecular weight excluding hydrogens is 356 g/mol. The Hall–Kier alpha value is -1.62. The van der Waals surface area contributed by atoms with E-state index in [9.17, 15) is 9.59 Å². The van der Waals surface area contributed by atoms with Crippen molar-refractivity contribution in [1.29, 1.82) is 0 Å². The van der Waals surface area contributed by atoms with E-state index < -0.39 is 0 Å². The Morgan fingerprint density at radius 1 is 1.26 bits per heavy atom. The summed E-state index contributed by atoms with van der Waals surface area (Å²) < 4.78 is 0.880. The van der Waals surface area contributed by atoms with Crippen LogP contribution in [0.15, 0.2) is 33.5 Å². The van der Waals surface area contributed by atoms with Gasteiger partial charge in [-0.15, -0.1) is 0 Å². The van der Waals surface area contributed by atoms with Gasteiger partial charge < -0.3 is 10.3 Å². The summed E-state index contributed by atoms with van der Waals surface area (Å²) in [5.74, 6) is 0.900. The molecule has 0 bridgehead atoms. The highest BCUT2D eigenvalue weighted by atomic mass is 79.9. The number of benzene rings is 1. The van der Waals surface area contributed by atoms with Gasteiger partial charge in [-0.2, -0.15) is 0 Å². The third-order valence-corrected chi connectivity index (χ3v) is 5.57. The highest BCUT2D eigenvalue weighted by Crippen LogP contribution is 2.30. The molecule has 0 radical (unpaired) electrons. The number of hydrogen-bond acceptors (Lipinski definition) is 2. The first-order valence-corrected chi connectivity index (χ1v) is 8.88. The Morgan fingerprint density at radius 2 is 2.04 bits per heavy atom. The van der Waals surface area contributed by atoms with E-state index in [4.69, 9.17) is 0 Å². The minimum atomic E-state index is -0.255. The predicted octanol–water partition coefficient (Wildman–Crippen LogP) is 3.85. The molecule has 23 heavy (non-hydrogen) atoms. The SMILES string of the molecule is C[C@H]1[C@H](C)CCC[C@H]1NC(=O)c1cc(=O)[nH]c2ccc(Br)cc12. The molecule has 1 aliphatic rings. The van der Waals surface area contributed by atoms with Crippen LogP contribution in [0.25, 0.3) is 10.9 Å². The van der Waals surface area contributed by atoms with Crippen molar-refractivity contribution in [3.8, 4) is 0 Å². The number of carbonyl (C=O) groups excluding carboxylic acids is 1. The van der Waals surface area contributed by atoms with Crippen LogP contribution in [0.5, 0.6) is 0 Å². The van der Waals surface area contributed by atoms with Crippen molar-refractivity contribution in [2.45, 2.75) is 39.2 Å². The number of hydrogen-bond donors (Lipinski definition) is 2. The fraction of sp³-hybridized carbons (Fsp3) is 0.444. The Bertz CT molecular complexity index is 799.